The summed E-state index contributed by atoms with van der Waals surface area (Å²) in [4.78, 5) is 12.0. The lowest BCUT2D eigenvalue weighted by molar-refractivity contribution is 0.100. The maximum absolute atomic E-state index is 12.2. The van der Waals surface area contributed by atoms with Crippen LogP contribution in [0.1, 0.15) is 29.8 Å². The number of carbonyl (C=O) groups excluding carboxylic acids is 1. The molecule has 0 aliphatic rings. The molecule has 1 aromatic carbocycles. The lowest BCUT2D eigenvalue weighted by Crippen LogP contribution is -2.10. The minimum Gasteiger partial charge on any atom is -0.309 e. The highest BCUT2D eigenvalue weighted by atomic mass is 31.2. The van der Waals surface area contributed by atoms with Crippen LogP contribution >= 0.6 is 7.60 Å². The summed E-state index contributed by atoms with van der Waals surface area (Å²) in [7, 11) is -3.31. The van der Waals surface area contributed by atoms with Crippen LogP contribution in [0.25, 0.3) is 0 Å². The lowest BCUT2D eigenvalue weighted by atomic mass is 10.1. The van der Waals surface area contributed by atoms with E-state index in [-0.39, 0.29) is 25.2 Å². The van der Waals surface area contributed by atoms with Gasteiger partial charge in [-0.1, -0.05) is 23.8 Å². The second kappa shape index (κ2) is 6.83. The second-order valence-electron chi connectivity index (χ2n) is 3.90. The van der Waals surface area contributed by atoms with Gasteiger partial charge in [-0.15, -0.1) is 0 Å². The highest BCUT2D eigenvalue weighted by Crippen LogP contribution is 2.48. The highest BCUT2D eigenvalue weighted by molar-refractivity contribution is 7.54. The number of ketones is 1. The first-order chi connectivity index (χ1) is 8.50. The Morgan fingerprint density at radius 3 is 2.33 bits per heavy atom. The van der Waals surface area contributed by atoms with E-state index in [4.69, 9.17) is 9.05 Å². The van der Waals surface area contributed by atoms with Gasteiger partial charge in [0.15, 0.2) is 5.78 Å². The molecule has 0 saturated carbocycles. The summed E-state index contributed by atoms with van der Waals surface area (Å²) < 4.78 is 22.4. The van der Waals surface area contributed by atoms with Gasteiger partial charge in [0.05, 0.1) is 13.2 Å². The molecule has 0 unspecified atom stereocenters. The van der Waals surface area contributed by atoms with Crippen molar-refractivity contribution in [2.75, 3.05) is 19.4 Å². The van der Waals surface area contributed by atoms with Crippen LogP contribution in [0.3, 0.4) is 0 Å². The van der Waals surface area contributed by atoms with Crippen LogP contribution in [0.4, 0.5) is 0 Å². The van der Waals surface area contributed by atoms with Crippen LogP contribution < -0.4 is 0 Å². The quantitative estimate of drug-likeness (QED) is 0.562. The zero-order chi connectivity index (χ0) is 13.6. The van der Waals surface area contributed by atoms with Crippen LogP contribution in [0.2, 0.25) is 0 Å². The molecular weight excluding hydrogens is 251 g/mol. The first-order valence-corrected chi connectivity index (χ1v) is 7.71. The Labute approximate surface area is 108 Å². The van der Waals surface area contributed by atoms with Gasteiger partial charge in [-0.25, -0.2) is 0 Å². The number of hydrogen-bond donors (Lipinski definition) is 0. The normalized spacial score (nSPS) is 11.5. The number of carbonyl (C=O) groups is 1. The minimum atomic E-state index is -3.31. The molecule has 0 amide bonds. The third kappa shape index (κ3) is 4.37. The maximum atomic E-state index is 12.2. The number of hydrogen-bond acceptors (Lipinski definition) is 4. The Bertz CT molecular complexity index is 446. The van der Waals surface area contributed by atoms with Gasteiger partial charge in [0.2, 0.25) is 0 Å². The summed E-state index contributed by atoms with van der Waals surface area (Å²) in [5.41, 5.74) is 1.53. The SMILES string of the molecule is CCOP(=O)(CC(=O)c1cccc(C)c1)OCC. The summed E-state index contributed by atoms with van der Waals surface area (Å²) in [6, 6.07) is 7.18. The van der Waals surface area contributed by atoms with Crippen molar-refractivity contribution in [3.05, 3.63) is 35.4 Å². The fraction of sp³-hybridized carbons (Fsp3) is 0.462. The van der Waals surface area contributed by atoms with Gasteiger partial charge >= 0.3 is 7.60 Å². The summed E-state index contributed by atoms with van der Waals surface area (Å²) in [5, 5.41) is 0. The largest absolute Gasteiger partial charge is 0.338 e. The average Bonchev–Trinajstić information content (AvgIpc) is 2.29. The molecule has 5 heteroatoms. The lowest BCUT2D eigenvalue weighted by Gasteiger charge is -2.16. The van der Waals surface area contributed by atoms with Gasteiger partial charge in [-0.05, 0) is 26.8 Å². The molecule has 0 spiro atoms. The van der Waals surface area contributed by atoms with E-state index in [9.17, 15) is 9.36 Å². The van der Waals surface area contributed by atoms with Crippen LogP contribution in [0.5, 0.6) is 0 Å². The van der Waals surface area contributed by atoms with E-state index >= 15 is 0 Å². The molecule has 18 heavy (non-hydrogen) atoms. The number of aryl methyl sites for hydroxylation is 1. The molecule has 4 nitrogen and oxygen atoms in total. The van der Waals surface area contributed by atoms with E-state index in [0.717, 1.165) is 5.56 Å². The fourth-order valence-electron chi connectivity index (χ4n) is 1.61. The summed E-state index contributed by atoms with van der Waals surface area (Å²) in [6.07, 6.45) is -0.210. The molecule has 0 saturated heterocycles. The molecule has 0 bridgehead atoms. The summed E-state index contributed by atoms with van der Waals surface area (Å²) in [5.74, 6) is -0.219. The zero-order valence-corrected chi connectivity index (χ0v) is 11.9. The molecular formula is C13H19O4P. The number of Topliss-reactive ketones (excluding diaryl/α,β-unsaturated/α-hetero) is 1. The average molecular weight is 270 g/mol. The molecule has 1 rings (SSSR count). The third-order valence-electron chi connectivity index (χ3n) is 2.33. The van der Waals surface area contributed by atoms with Crippen LogP contribution in [0, 0.1) is 6.92 Å². The Hall–Kier alpha value is -0.960. The second-order valence-corrected chi connectivity index (χ2v) is 5.95. The van der Waals surface area contributed by atoms with Crippen molar-refractivity contribution >= 4 is 13.4 Å². The van der Waals surface area contributed by atoms with E-state index in [1.165, 1.54) is 0 Å². The fourth-order valence-corrected chi connectivity index (χ4v) is 3.19. The molecule has 0 aliphatic carbocycles. The maximum Gasteiger partial charge on any atom is 0.338 e. The molecule has 0 fully saturated rings. The first kappa shape index (κ1) is 15.1. The first-order valence-electron chi connectivity index (χ1n) is 5.98. The van der Waals surface area contributed by atoms with Gasteiger partial charge in [0.1, 0.15) is 6.16 Å². The molecule has 0 aliphatic heterocycles. The van der Waals surface area contributed by atoms with Crippen molar-refractivity contribution < 1.29 is 18.4 Å². The predicted molar refractivity (Wildman–Crippen MR) is 71.2 cm³/mol. The van der Waals surface area contributed by atoms with Crippen LogP contribution in [-0.4, -0.2) is 25.2 Å². The number of benzene rings is 1. The third-order valence-corrected chi connectivity index (χ3v) is 4.31. The van der Waals surface area contributed by atoms with Gasteiger partial charge in [0.25, 0.3) is 0 Å². The van der Waals surface area contributed by atoms with Crippen molar-refractivity contribution in [1.82, 2.24) is 0 Å². The molecule has 0 heterocycles. The van der Waals surface area contributed by atoms with Crippen LogP contribution in [0.15, 0.2) is 24.3 Å². The topological polar surface area (TPSA) is 52.6 Å². The molecule has 0 radical (unpaired) electrons. The van der Waals surface area contributed by atoms with E-state index in [0.29, 0.717) is 5.56 Å². The monoisotopic (exact) mass is 270 g/mol. The van der Waals surface area contributed by atoms with Gasteiger partial charge in [0, 0.05) is 5.56 Å². The highest BCUT2D eigenvalue weighted by Gasteiger charge is 2.28. The van der Waals surface area contributed by atoms with Crippen molar-refractivity contribution in [3.8, 4) is 0 Å². The van der Waals surface area contributed by atoms with E-state index < -0.39 is 7.60 Å². The molecule has 0 aromatic heterocycles. The van der Waals surface area contributed by atoms with E-state index in [1.54, 1.807) is 32.0 Å². The van der Waals surface area contributed by atoms with Crippen molar-refractivity contribution in [2.24, 2.45) is 0 Å². The van der Waals surface area contributed by atoms with Gasteiger partial charge in [-0.2, -0.15) is 0 Å². The summed E-state index contributed by atoms with van der Waals surface area (Å²) in [6.45, 7) is 5.88. The Morgan fingerprint density at radius 1 is 1.22 bits per heavy atom. The van der Waals surface area contributed by atoms with Gasteiger partial charge < -0.3 is 9.05 Å². The van der Waals surface area contributed by atoms with Crippen molar-refractivity contribution in [1.29, 1.82) is 0 Å². The molecule has 100 valence electrons. The predicted octanol–water partition coefficient (Wildman–Crippen LogP) is 3.44. The minimum absolute atomic E-state index is 0.210. The number of rotatable bonds is 7. The van der Waals surface area contributed by atoms with Gasteiger partial charge in [-0.3, -0.25) is 9.36 Å². The van der Waals surface area contributed by atoms with E-state index in [1.807, 2.05) is 13.0 Å². The standard InChI is InChI=1S/C13H19O4P/c1-4-16-18(15,17-5-2)10-13(14)12-8-6-7-11(3)9-12/h6-9H,4-5,10H2,1-3H3. The molecule has 1 aromatic rings. The zero-order valence-electron chi connectivity index (χ0n) is 11.0. The Morgan fingerprint density at radius 2 is 1.83 bits per heavy atom. The van der Waals surface area contributed by atoms with Crippen molar-refractivity contribution in [2.45, 2.75) is 20.8 Å². The summed E-state index contributed by atoms with van der Waals surface area (Å²) >= 11 is 0. The molecule has 0 atom stereocenters. The van der Waals surface area contributed by atoms with Crippen LogP contribution in [-0.2, 0) is 13.6 Å². The van der Waals surface area contributed by atoms with E-state index in [2.05, 4.69) is 0 Å². The Kier molecular flexibility index (Phi) is 5.73. The Balaban J connectivity index is 2.82. The smallest absolute Gasteiger partial charge is 0.309 e. The van der Waals surface area contributed by atoms with Crippen molar-refractivity contribution in [3.63, 3.8) is 0 Å². The molecule has 0 N–H and O–H groups in total.